The van der Waals surface area contributed by atoms with Crippen molar-refractivity contribution in [3.8, 4) is 16.9 Å². The summed E-state index contributed by atoms with van der Waals surface area (Å²) < 4.78 is 13.1. The zero-order valence-corrected chi connectivity index (χ0v) is 21.5. The van der Waals surface area contributed by atoms with Gasteiger partial charge in [-0.05, 0) is 66.4 Å². The van der Waals surface area contributed by atoms with E-state index in [2.05, 4.69) is 10.4 Å². The van der Waals surface area contributed by atoms with Crippen LogP contribution in [0.5, 0.6) is 0 Å². The maximum Gasteiger partial charge on any atom is 0.269 e. The van der Waals surface area contributed by atoms with Crippen LogP contribution < -0.4 is 11.1 Å². The molecule has 1 aliphatic rings. The van der Waals surface area contributed by atoms with Gasteiger partial charge in [-0.15, -0.1) is 0 Å². The molecule has 4 aromatic rings. The normalized spacial score (nSPS) is 13.1. The van der Waals surface area contributed by atoms with Crippen molar-refractivity contribution in [1.29, 1.82) is 0 Å². The molecule has 0 spiro atoms. The summed E-state index contributed by atoms with van der Waals surface area (Å²) in [6, 6.07) is 20.1. The Morgan fingerprint density at radius 1 is 1.08 bits per heavy atom. The monoisotopic (exact) mass is 530 g/mol. The van der Waals surface area contributed by atoms with Crippen molar-refractivity contribution in [3.05, 3.63) is 105 Å². The molecule has 0 aliphatic heterocycles. The first-order valence-corrected chi connectivity index (χ1v) is 13.5. The summed E-state index contributed by atoms with van der Waals surface area (Å²) in [5.41, 5.74) is 12.0. The van der Waals surface area contributed by atoms with Gasteiger partial charge in [-0.2, -0.15) is 5.10 Å². The number of carbonyl (C=O) groups is 2. The highest BCUT2D eigenvalue weighted by Gasteiger charge is 2.28. The molecule has 5 rings (SSSR count). The van der Waals surface area contributed by atoms with Crippen LogP contribution in [0.4, 0.5) is 5.69 Å². The van der Waals surface area contributed by atoms with Crippen LogP contribution in [0.2, 0.25) is 5.02 Å². The lowest BCUT2D eigenvalue weighted by Gasteiger charge is -2.20. The van der Waals surface area contributed by atoms with Gasteiger partial charge in [-0.1, -0.05) is 41.9 Å². The summed E-state index contributed by atoms with van der Waals surface area (Å²) in [6.07, 6.45) is 4.73. The third-order valence-electron chi connectivity index (χ3n) is 6.19. The summed E-state index contributed by atoms with van der Waals surface area (Å²) in [5.74, 6) is -0.906. The minimum atomic E-state index is -1.04. The Bertz CT molecular complexity index is 1590. The van der Waals surface area contributed by atoms with Crippen LogP contribution in [0.25, 0.3) is 23.0 Å². The lowest BCUT2D eigenvalue weighted by molar-refractivity contribution is 0.0992. The predicted octanol–water partition coefficient (Wildman–Crippen LogP) is 4.99. The van der Waals surface area contributed by atoms with Gasteiger partial charge in [0.15, 0.2) is 5.69 Å². The second-order valence-corrected chi connectivity index (χ2v) is 10.3. The zero-order valence-electron chi connectivity index (χ0n) is 19.9. The quantitative estimate of drug-likeness (QED) is 0.366. The number of hydrogen-bond donors (Lipinski definition) is 2. The molecule has 1 aromatic heterocycles. The van der Waals surface area contributed by atoms with Crippen LogP contribution in [0.15, 0.2) is 72.1 Å². The van der Waals surface area contributed by atoms with Crippen molar-refractivity contribution in [2.75, 3.05) is 11.6 Å². The highest BCUT2D eigenvalue weighted by atomic mass is 35.5. The van der Waals surface area contributed by atoms with E-state index in [-0.39, 0.29) is 11.6 Å². The maximum absolute atomic E-state index is 12.9. The van der Waals surface area contributed by atoms with E-state index in [9.17, 15) is 13.8 Å². The van der Waals surface area contributed by atoms with E-state index in [1.807, 2.05) is 42.5 Å². The smallest absolute Gasteiger partial charge is 0.269 e. The second kappa shape index (κ2) is 10.2. The van der Waals surface area contributed by atoms with Gasteiger partial charge in [-0.25, -0.2) is 4.68 Å². The Morgan fingerprint density at radius 3 is 2.54 bits per heavy atom. The minimum absolute atomic E-state index is 0.233. The van der Waals surface area contributed by atoms with Gasteiger partial charge >= 0.3 is 0 Å². The number of nitrogens with two attached hydrogens (primary N) is 1. The van der Waals surface area contributed by atoms with E-state index < -0.39 is 16.7 Å². The van der Waals surface area contributed by atoms with Crippen LogP contribution in [0.3, 0.4) is 0 Å². The number of hydrogen-bond acceptors (Lipinski definition) is 4. The van der Waals surface area contributed by atoms with Crippen LogP contribution in [0, 0.1) is 0 Å². The number of aryl methyl sites for hydroxylation is 1. The highest BCUT2D eigenvalue weighted by molar-refractivity contribution is 7.87. The minimum Gasteiger partial charge on any atom is -0.364 e. The van der Waals surface area contributed by atoms with Crippen LogP contribution in [-0.4, -0.2) is 32.1 Å². The van der Waals surface area contributed by atoms with Gasteiger partial charge in [0.25, 0.3) is 11.8 Å². The number of nitrogens with zero attached hydrogens (tertiary/aromatic N) is 2. The molecule has 0 bridgehead atoms. The van der Waals surface area contributed by atoms with Crippen molar-refractivity contribution in [1.82, 2.24) is 9.78 Å². The number of amides is 2. The summed E-state index contributed by atoms with van der Waals surface area (Å²) in [7, 11) is -1.04. The Balaban J connectivity index is 1.57. The summed E-state index contributed by atoms with van der Waals surface area (Å²) >= 11 is 6.20. The number of rotatable bonds is 6. The van der Waals surface area contributed by atoms with E-state index in [0.29, 0.717) is 29.1 Å². The Kier molecular flexibility index (Phi) is 6.78. The molecule has 0 radical (unpaired) electrons. The first-order valence-electron chi connectivity index (χ1n) is 11.5. The van der Waals surface area contributed by atoms with Crippen molar-refractivity contribution < 1.29 is 13.8 Å². The number of primary amides is 1. The van der Waals surface area contributed by atoms with E-state index >= 15 is 0 Å². The fourth-order valence-electron chi connectivity index (χ4n) is 4.45. The van der Waals surface area contributed by atoms with E-state index in [0.717, 1.165) is 33.6 Å². The Labute approximate surface area is 221 Å². The molecule has 0 saturated heterocycles. The SMILES string of the molecule is CS(=O)/C=C/c1ccc(-n2nc(C(N)=O)c3c2-c2cc(NC(=O)c4ccccc4Cl)ccc2CC3)cc1. The molecule has 186 valence electrons. The van der Waals surface area contributed by atoms with Crippen molar-refractivity contribution in [3.63, 3.8) is 0 Å². The average molecular weight is 531 g/mol. The van der Waals surface area contributed by atoms with E-state index in [1.165, 1.54) is 0 Å². The molecule has 3 aromatic carbocycles. The molecular weight excluding hydrogens is 508 g/mol. The molecule has 3 N–H and O–H groups in total. The molecule has 2 amide bonds. The molecule has 1 heterocycles. The first-order chi connectivity index (χ1) is 17.8. The fourth-order valence-corrected chi connectivity index (χ4v) is 5.02. The largest absolute Gasteiger partial charge is 0.364 e. The van der Waals surface area contributed by atoms with Gasteiger partial charge in [0, 0.05) is 39.3 Å². The number of benzene rings is 3. The number of carbonyl (C=O) groups excluding carboxylic acids is 2. The number of anilines is 1. The van der Waals surface area contributed by atoms with Gasteiger partial charge < -0.3 is 11.1 Å². The van der Waals surface area contributed by atoms with E-state index in [1.54, 1.807) is 46.7 Å². The van der Waals surface area contributed by atoms with Gasteiger partial charge in [0.2, 0.25) is 0 Å². The predicted molar refractivity (Wildman–Crippen MR) is 147 cm³/mol. The Morgan fingerprint density at radius 2 is 1.84 bits per heavy atom. The average Bonchev–Trinajstić information content (AvgIpc) is 3.28. The van der Waals surface area contributed by atoms with Crippen molar-refractivity contribution >= 4 is 46.0 Å². The lowest BCUT2D eigenvalue weighted by Crippen LogP contribution is -2.15. The topological polar surface area (TPSA) is 107 Å². The number of nitrogens with one attached hydrogen (secondary N) is 1. The van der Waals surface area contributed by atoms with Gasteiger partial charge in [-0.3, -0.25) is 13.8 Å². The fraction of sp³-hybridized carbons (Fsp3) is 0.107. The number of fused-ring (bicyclic) bond motifs is 3. The highest BCUT2D eigenvalue weighted by Crippen LogP contribution is 2.38. The maximum atomic E-state index is 12.9. The van der Waals surface area contributed by atoms with Crippen molar-refractivity contribution in [2.45, 2.75) is 12.8 Å². The standard InChI is InChI=1S/C28H23ClN4O3S/c1-37(36)15-14-17-6-11-20(12-7-17)33-26-22(25(32-33)27(30)34)13-9-18-8-10-19(16-23(18)26)31-28(35)21-4-2-3-5-24(21)29/h2-8,10-12,14-16H,9,13H2,1H3,(H2,30,34)(H,31,35)/b15-14+. The van der Waals surface area contributed by atoms with E-state index in [4.69, 9.17) is 17.3 Å². The second-order valence-electron chi connectivity index (χ2n) is 8.65. The van der Waals surface area contributed by atoms with Gasteiger partial charge in [0.1, 0.15) is 0 Å². The molecule has 9 heteroatoms. The molecule has 1 atom stereocenters. The Hall–Kier alpha value is -4.01. The molecule has 37 heavy (non-hydrogen) atoms. The third kappa shape index (κ3) is 4.98. The first kappa shape index (κ1) is 24.7. The molecule has 1 unspecified atom stereocenters. The summed E-state index contributed by atoms with van der Waals surface area (Å²) in [5, 5.41) is 9.49. The van der Waals surface area contributed by atoms with Crippen LogP contribution >= 0.6 is 11.6 Å². The molecule has 0 saturated carbocycles. The molecule has 0 fully saturated rings. The summed E-state index contributed by atoms with van der Waals surface area (Å²) in [4.78, 5) is 25.1. The lowest BCUT2D eigenvalue weighted by atomic mass is 9.88. The zero-order chi connectivity index (χ0) is 26.1. The number of halogens is 1. The van der Waals surface area contributed by atoms with Crippen molar-refractivity contribution in [2.24, 2.45) is 5.73 Å². The number of aromatic nitrogens is 2. The molecule has 1 aliphatic carbocycles. The molecular formula is C28H23ClN4O3S. The molecule has 7 nitrogen and oxygen atoms in total. The summed E-state index contributed by atoms with van der Waals surface area (Å²) in [6.45, 7) is 0. The third-order valence-corrected chi connectivity index (χ3v) is 7.04. The van der Waals surface area contributed by atoms with Crippen LogP contribution in [0.1, 0.15) is 37.5 Å². The van der Waals surface area contributed by atoms with Gasteiger partial charge in [0.05, 0.1) is 22.0 Å². The van der Waals surface area contributed by atoms with Crippen LogP contribution in [-0.2, 0) is 23.6 Å².